The minimum atomic E-state index is -0.0364. The van der Waals surface area contributed by atoms with E-state index in [1.54, 1.807) is 11.0 Å². The molecule has 1 aliphatic rings. The van der Waals surface area contributed by atoms with Crippen molar-refractivity contribution < 1.29 is 9.59 Å². The van der Waals surface area contributed by atoms with E-state index in [9.17, 15) is 9.59 Å². The summed E-state index contributed by atoms with van der Waals surface area (Å²) < 4.78 is 1.92. The van der Waals surface area contributed by atoms with E-state index in [1.807, 2.05) is 65.6 Å². The third-order valence-electron chi connectivity index (χ3n) is 6.51. The van der Waals surface area contributed by atoms with Crippen molar-refractivity contribution in [2.24, 2.45) is 0 Å². The maximum atomic E-state index is 13.4. The van der Waals surface area contributed by atoms with E-state index in [1.165, 1.54) is 0 Å². The highest BCUT2D eigenvalue weighted by molar-refractivity contribution is 9.10. The molecule has 4 aromatic rings. The summed E-state index contributed by atoms with van der Waals surface area (Å²) in [5.41, 5.74) is 4.99. The number of hydrogen-bond acceptors (Lipinski definition) is 2. The number of aromatic amines is 1. The van der Waals surface area contributed by atoms with Crippen LogP contribution < -0.4 is 0 Å². The second-order valence-corrected chi connectivity index (χ2v) is 10.5. The Balaban J connectivity index is 1.28. The Bertz CT molecular complexity index is 1440. The summed E-state index contributed by atoms with van der Waals surface area (Å²) >= 11 is 7.08. The van der Waals surface area contributed by atoms with E-state index in [4.69, 9.17) is 0 Å². The normalized spacial score (nSPS) is 14.1. The van der Waals surface area contributed by atoms with Crippen LogP contribution in [0, 0.1) is 0 Å². The maximum absolute atomic E-state index is 13.4. The van der Waals surface area contributed by atoms with E-state index in [0.717, 1.165) is 42.2 Å². The summed E-state index contributed by atoms with van der Waals surface area (Å²) in [6.07, 6.45) is 3.73. The predicted octanol–water partition coefficient (Wildman–Crippen LogP) is 6.29. The molecule has 2 heterocycles. The van der Waals surface area contributed by atoms with Gasteiger partial charge in [-0.1, -0.05) is 80.4 Å². The van der Waals surface area contributed by atoms with E-state index >= 15 is 0 Å². The van der Waals surface area contributed by atoms with Gasteiger partial charge in [0.15, 0.2) is 0 Å². The van der Waals surface area contributed by atoms with Crippen molar-refractivity contribution in [3.8, 4) is 11.3 Å². The van der Waals surface area contributed by atoms with Gasteiger partial charge in [-0.2, -0.15) is 0 Å². The third-order valence-corrected chi connectivity index (χ3v) is 7.73. The molecule has 5 rings (SSSR count). The van der Waals surface area contributed by atoms with Gasteiger partial charge >= 0.3 is 0 Å². The first-order valence-electron chi connectivity index (χ1n) is 11.8. The Morgan fingerprint density at radius 3 is 2.31 bits per heavy atom. The number of fused-ring (bicyclic) bond motifs is 1. The molecule has 1 fully saturated rings. The minimum absolute atomic E-state index is 0.0364. The number of H-pyrrole nitrogens is 1. The molecule has 0 spiro atoms. The molecule has 0 bridgehead atoms. The number of nitrogens with one attached hydrogen (secondary N) is 1. The summed E-state index contributed by atoms with van der Waals surface area (Å²) in [5, 5.41) is 1.04. The lowest BCUT2D eigenvalue weighted by Gasteiger charge is -2.34. The van der Waals surface area contributed by atoms with Crippen LogP contribution in [0.5, 0.6) is 0 Å². The van der Waals surface area contributed by atoms with Crippen LogP contribution >= 0.6 is 31.9 Å². The largest absolute Gasteiger partial charge is 0.354 e. The lowest BCUT2D eigenvalue weighted by atomic mass is 10.0. The van der Waals surface area contributed by atoms with Gasteiger partial charge in [0.2, 0.25) is 11.8 Å². The number of piperazine rings is 1. The van der Waals surface area contributed by atoms with Gasteiger partial charge in [0.05, 0.1) is 12.1 Å². The molecule has 1 aromatic heterocycles. The molecule has 7 heteroatoms. The van der Waals surface area contributed by atoms with Crippen molar-refractivity contribution in [3.05, 3.63) is 98.9 Å². The number of amides is 2. The molecule has 1 saturated heterocycles. The van der Waals surface area contributed by atoms with Crippen LogP contribution in [0.2, 0.25) is 0 Å². The second kappa shape index (κ2) is 10.8. The van der Waals surface area contributed by atoms with Crippen LogP contribution in [-0.2, 0) is 16.0 Å². The number of nitrogens with zero attached hydrogens (tertiary/aromatic N) is 2. The van der Waals surface area contributed by atoms with E-state index in [-0.39, 0.29) is 11.8 Å². The Morgan fingerprint density at radius 2 is 1.56 bits per heavy atom. The summed E-state index contributed by atoms with van der Waals surface area (Å²) in [6, 6.07) is 24.0. The number of carbonyl (C=O) groups is 2. The molecular weight excluding hydrogens is 582 g/mol. The van der Waals surface area contributed by atoms with Gasteiger partial charge in [-0.15, -0.1) is 0 Å². The molecule has 0 unspecified atom stereocenters. The van der Waals surface area contributed by atoms with Crippen LogP contribution in [0.1, 0.15) is 11.1 Å². The number of benzene rings is 3. The maximum Gasteiger partial charge on any atom is 0.246 e. The number of hydrogen-bond donors (Lipinski definition) is 1. The fourth-order valence-corrected chi connectivity index (χ4v) is 5.35. The van der Waals surface area contributed by atoms with Crippen molar-refractivity contribution in [2.75, 3.05) is 26.2 Å². The number of rotatable bonds is 5. The van der Waals surface area contributed by atoms with Gasteiger partial charge in [0.25, 0.3) is 0 Å². The van der Waals surface area contributed by atoms with E-state index < -0.39 is 0 Å². The monoisotopic (exact) mass is 605 g/mol. The first-order valence-corrected chi connectivity index (χ1v) is 13.4. The highest BCUT2D eigenvalue weighted by Gasteiger charge is 2.25. The van der Waals surface area contributed by atoms with Crippen molar-refractivity contribution >= 4 is 60.7 Å². The van der Waals surface area contributed by atoms with Gasteiger partial charge in [-0.25, -0.2) is 0 Å². The van der Waals surface area contributed by atoms with Crippen LogP contribution in [0.25, 0.3) is 28.2 Å². The molecule has 0 saturated carbocycles. The average Bonchev–Trinajstić information content (AvgIpc) is 3.26. The van der Waals surface area contributed by atoms with Crippen molar-refractivity contribution in [1.82, 2.24) is 14.8 Å². The SMILES string of the molecule is O=C(/C=C/c1ccccc1Br)N1CCN(C(=O)Cc2c(-c3ccccc3)[nH]c3ccc(Br)cc23)CC1. The van der Waals surface area contributed by atoms with Gasteiger partial charge in [-0.3, -0.25) is 9.59 Å². The Kier molecular flexibility index (Phi) is 7.39. The molecule has 1 aliphatic heterocycles. The number of carbonyl (C=O) groups excluding carboxylic acids is 2. The lowest BCUT2D eigenvalue weighted by Crippen LogP contribution is -2.50. The highest BCUT2D eigenvalue weighted by Crippen LogP contribution is 2.33. The summed E-state index contributed by atoms with van der Waals surface area (Å²) in [5.74, 6) is 0.0367. The molecule has 2 amide bonds. The first-order chi connectivity index (χ1) is 17.5. The Morgan fingerprint density at radius 1 is 0.861 bits per heavy atom. The smallest absolute Gasteiger partial charge is 0.246 e. The number of aromatic nitrogens is 1. The summed E-state index contributed by atoms with van der Waals surface area (Å²) in [6.45, 7) is 2.10. The topological polar surface area (TPSA) is 56.4 Å². The van der Waals surface area contributed by atoms with Crippen molar-refractivity contribution in [2.45, 2.75) is 6.42 Å². The average molecular weight is 607 g/mol. The van der Waals surface area contributed by atoms with Gasteiger partial charge in [0.1, 0.15) is 0 Å². The third kappa shape index (κ3) is 5.32. The summed E-state index contributed by atoms with van der Waals surface area (Å²) in [7, 11) is 0. The fraction of sp³-hybridized carbons (Fsp3) is 0.172. The first kappa shape index (κ1) is 24.5. The molecule has 0 radical (unpaired) electrons. The standard InChI is InChI=1S/C29H25Br2N3O2/c30-22-11-12-26-23(18-22)24(29(32-26)21-7-2-1-3-8-21)19-28(36)34-16-14-33(15-17-34)27(35)13-10-20-6-4-5-9-25(20)31/h1-13,18,32H,14-17,19H2/b13-10+. The van der Waals surface area contributed by atoms with Crippen molar-refractivity contribution in [1.29, 1.82) is 0 Å². The van der Waals surface area contributed by atoms with Gasteiger partial charge in [0, 0.05) is 52.1 Å². The summed E-state index contributed by atoms with van der Waals surface area (Å²) in [4.78, 5) is 33.3. The molecule has 0 aliphatic carbocycles. The van der Waals surface area contributed by atoms with Crippen molar-refractivity contribution in [3.63, 3.8) is 0 Å². The highest BCUT2D eigenvalue weighted by atomic mass is 79.9. The molecule has 182 valence electrons. The Hall–Kier alpha value is -3.16. The molecule has 36 heavy (non-hydrogen) atoms. The predicted molar refractivity (Wildman–Crippen MR) is 151 cm³/mol. The fourth-order valence-electron chi connectivity index (χ4n) is 4.57. The Labute approximate surface area is 227 Å². The zero-order valence-electron chi connectivity index (χ0n) is 19.6. The lowest BCUT2D eigenvalue weighted by molar-refractivity contribution is -0.136. The van der Waals surface area contributed by atoms with Gasteiger partial charge in [-0.05, 0) is 47.0 Å². The van der Waals surface area contributed by atoms with Gasteiger partial charge < -0.3 is 14.8 Å². The molecule has 0 atom stereocenters. The molecule has 1 N–H and O–H groups in total. The van der Waals surface area contributed by atoms with Crippen LogP contribution in [0.15, 0.2) is 87.8 Å². The minimum Gasteiger partial charge on any atom is -0.354 e. The number of halogens is 2. The molecular formula is C29H25Br2N3O2. The van der Waals surface area contributed by atoms with Crippen LogP contribution in [0.4, 0.5) is 0 Å². The molecule has 3 aromatic carbocycles. The van der Waals surface area contributed by atoms with E-state index in [0.29, 0.717) is 32.6 Å². The zero-order chi connectivity index (χ0) is 25.1. The molecule has 5 nitrogen and oxygen atoms in total. The van der Waals surface area contributed by atoms with E-state index in [2.05, 4.69) is 55.0 Å². The van der Waals surface area contributed by atoms with Crippen LogP contribution in [0.3, 0.4) is 0 Å². The second-order valence-electron chi connectivity index (χ2n) is 8.77. The quantitative estimate of drug-likeness (QED) is 0.272. The zero-order valence-corrected chi connectivity index (χ0v) is 22.8. The van der Waals surface area contributed by atoms with Crippen LogP contribution in [-0.4, -0.2) is 52.8 Å².